The van der Waals surface area contributed by atoms with Gasteiger partial charge in [0.15, 0.2) is 0 Å². The summed E-state index contributed by atoms with van der Waals surface area (Å²) in [7, 11) is 0. The maximum atomic E-state index is 12.6. The molecule has 20 heavy (non-hydrogen) atoms. The molecule has 1 aliphatic heterocycles. The molecule has 0 amide bonds. The lowest BCUT2D eigenvalue weighted by molar-refractivity contribution is 0.333. The van der Waals surface area contributed by atoms with E-state index in [9.17, 15) is 4.79 Å². The average Bonchev–Trinajstić information content (AvgIpc) is 2.46. The number of piperidine rings is 1. The fourth-order valence-corrected chi connectivity index (χ4v) is 3.09. The van der Waals surface area contributed by atoms with Crippen molar-refractivity contribution in [1.82, 2.24) is 14.9 Å². The first-order valence-corrected chi connectivity index (χ1v) is 7.41. The number of aromatic nitrogens is 2. The lowest BCUT2D eigenvalue weighted by Crippen LogP contribution is -2.35. The summed E-state index contributed by atoms with van der Waals surface area (Å²) in [5.74, 6) is 0.447. The average molecular weight is 292 g/mol. The van der Waals surface area contributed by atoms with Crippen molar-refractivity contribution in [1.29, 1.82) is 0 Å². The summed E-state index contributed by atoms with van der Waals surface area (Å²) in [4.78, 5) is 17.0. The Morgan fingerprint density at radius 1 is 1.50 bits per heavy atom. The van der Waals surface area contributed by atoms with Crippen molar-refractivity contribution in [2.75, 3.05) is 13.1 Å². The molecular weight excluding hydrogens is 274 g/mol. The van der Waals surface area contributed by atoms with E-state index in [1.54, 1.807) is 4.57 Å². The first kappa shape index (κ1) is 13.6. The highest BCUT2D eigenvalue weighted by Gasteiger charge is 2.17. The predicted octanol–water partition coefficient (Wildman–Crippen LogP) is 2.36. The second-order valence-corrected chi connectivity index (χ2v) is 5.82. The smallest absolute Gasteiger partial charge is 0.262 e. The topological polar surface area (TPSA) is 46.9 Å². The van der Waals surface area contributed by atoms with Gasteiger partial charge < -0.3 is 5.32 Å². The maximum absolute atomic E-state index is 12.6. The van der Waals surface area contributed by atoms with Crippen LogP contribution < -0.4 is 10.9 Å². The highest BCUT2D eigenvalue weighted by atomic mass is 35.5. The van der Waals surface area contributed by atoms with E-state index in [1.807, 2.05) is 25.1 Å². The second kappa shape index (κ2) is 5.54. The number of fused-ring (bicyclic) bond motifs is 1. The molecule has 1 aliphatic rings. The van der Waals surface area contributed by atoms with Crippen LogP contribution in [-0.2, 0) is 6.54 Å². The number of halogens is 1. The quantitative estimate of drug-likeness (QED) is 0.864. The minimum Gasteiger partial charge on any atom is -0.316 e. The normalized spacial score (nSPS) is 19.4. The van der Waals surface area contributed by atoms with Gasteiger partial charge in [-0.05, 0) is 62.0 Å². The van der Waals surface area contributed by atoms with Gasteiger partial charge in [-0.25, -0.2) is 4.98 Å². The Morgan fingerprint density at radius 2 is 2.35 bits per heavy atom. The summed E-state index contributed by atoms with van der Waals surface area (Å²) >= 11 is 6.23. The minimum absolute atomic E-state index is 0.0331. The van der Waals surface area contributed by atoms with E-state index in [1.165, 1.54) is 0 Å². The Labute approximate surface area is 122 Å². The molecule has 1 saturated heterocycles. The van der Waals surface area contributed by atoms with E-state index in [4.69, 9.17) is 11.6 Å². The van der Waals surface area contributed by atoms with Crippen LogP contribution in [0.25, 0.3) is 10.9 Å². The third kappa shape index (κ3) is 2.45. The van der Waals surface area contributed by atoms with Gasteiger partial charge in [0.05, 0.1) is 10.9 Å². The van der Waals surface area contributed by atoms with E-state index in [0.29, 0.717) is 28.6 Å². The SMILES string of the molecule is Cc1cccc2c(=O)n(CC3CCCNC3)c(Cl)nc12. The summed E-state index contributed by atoms with van der Waals surface area (Å²) in [5.41, 5.74) is 1.66. The Morgan fingerprint density at radius 3 is 3.10 bits per heavy atom. The fourth-order valence-electron chi connectivity index (χ4n) is 2.86. The zero-order chi connectivity index (χ0) is 14.1. The van der Waals surface area contributed by atoms with Crippen LogP contribution in [0.4, 0.5) is 0 Å². The van der Waals surface area contributed by atoms with Gasteiger partial charge in [-0.3, -0.25) is 9.36 Å². The van der Waals surface area contributed by atoms with Crippen LogP contribution in [0.2, 0.25) is 5.28 Å². The molecule has 0 radical (unpaired) electrons. The van der Waals surface area contributed by atoms with Crippen molar-refractivity contribution in [3.05, 3.63) is 39.4 Å². The molecule has 3 rings (SSSR count). The molecule has 1 fully saturated rings. The number of rotatable bonds is 2. The summed E-state index contributed by atoms with van der Waals surface area (Å²) in [6.07, 6.45) is 2.28. The van der Waals surface area contributed by atoms with E-state index in [-0.39, 0.29) is 5.56 Å². The summed E-state index contributed by atoms with van der Waals surface area (Å²) in [5, 5.41) is 4.31. The van der Waals surface area contributed by atoms with Crippen molar-refractivity contribution in [3.8, 4) is 0 Å². The molecular formula is C15H18ClN3O. The van der Waals surface area contributed by atoms with Crippen LogP contribution in [0.3, 0.4) is 0 Å². The van der Waals surface area contributed by atoms with Crippen molar-refractivity contribution >= 4 is 22.5 Å². The molecule has 0 spiro atoms. The zero-order valence-electron chi connectivity index (χ0n) is 11.5. The molecule has 0 saturated carbocycles. The molecule has 2 aromatic rings. The zero-order valence-corrected chi connectivity index (χ0v) is 12.3. The highest BCUT2D eigenvalue weighted by Crippen LogP contribution is 2.18. The van der Waals surface area contributed by atoms with Crippen molar-refractivity contribution < 1.29 is 0 Å². The third-order valence-electron chi connectivity index (χ3n) is 3.98. The highest BCUT2D eigenvalue weighted by molar-refractivity contribution is 6.28. The fraction of sp³-hybridized carbons (Fsp3) is 0.467. The molecule has 0 bridgehead atoms. The van der Waals surface area contributed by atoms with Crippen molar-refractivity contribution in [3.63, 3.8) is 0 Å². The molecule has 106 valence electrons. The van der Waals surface area contributed by atoms with Gasteiger partial charge in [-0.2, -0.15) is 0 Å². The molecule has 1 aromatic carbocycles. The van der Waals surface area contributed by atoms with Crippen molar-refractivity contribution in [2.45, 2.75) is 26.3 Å². The molecule has 0 aliphatic carbocycles. The van der Waals surface area contributed by atoms with Crippen LogP contribution >= 0.6 is 11.6 Å². The minimum atomic E-state index is -0.0331. The van der Waals surface area contributed by atoms with Gasteiger partial charge in [0, 0.05) is 6.54 Å². The van der Waals surface area contributed by atoms with Gasteiger partial charge in [0.1, 0.15) is 0 Å². The summed E-state index contributed by atoms with van der Waals surface area (Å²) < 4.78 is 1.61. The number of aryl methyl sites for hydroxylation is 1. The summed E-state index contributed by atoms with van der Waals surface area (Å²) in [6.45, 7) is 4.59. The second-order valence-electron chi connectivity index (χ2n) is 5.48. The molecule has 5 heteroatoms. The molecule has 1 atom stereocenters. The first-order valence-electron chi connectivity index (χ1n) is 7.03. The number of benzene rings is 1. The maximum Gasteiger partial charge on any atom is 0.262 e. The predicted molar refractivity (Wildman–Crippen MR) is 81.3 cm³/mol. The van der Waals surface area contributed by atoms with Crippen LogP contribution in [0.1, 0.15) is 18.4 Å². The lowest BCUT2D eigenvalue weighted by atomic mass is 9.99. The molecule has 1 aromatic heterocycles. The number of hydrogen-bond acceptors (Lipinski definition) is 3. The van der Waals surface area contributed by atoms with Crippen LogP contribution in [-0.4, -0.2) is 22.6 Å². The Kier molecular flexibility index (Phi) is 3.76. The van der Waals surface area contributed by atoms with Gasteiger partial charge in [0.25, 0.3) is 5.56 Å². The van der Waals surface area contributed by atoms with Crippen LogP contribution in [0.15, 0.2) is 23.0 Å². The Hall–Kier alpha value is -1.39. The molecule has 1 N–H and O–H groups in total. The van der Waals surface area contributed by atoms with E-state index in [2.05, 4.69) is 10.3 Å². The third-order valence-corrected chi connectivity index (χ3v) is 4.27. The molecule has 1 unspecified atom stereocenters. The number of para-hydroxylation sites is 1. The molecule has 4 nitrogen and oxygen atoms in total. The Bertz CT molecular complexity index is 689. The standard InChI is InChI=1S/C15H18ClN3O/c1-10-4-2-6-12-13(10)18-15(16)19(14(12)20)9-11-5-3-7-17-8-11/h2,4,6,11,17H,3,5,7-9H2,1H3. The van der Waals surface area contributed by atoms with Crippen LogP contribution in [0, 0.1) is 12.8 Å². The Balaban J connectivity index is 2.04. The van der Waals surface area contributed by atoms with E-state index < -0.39 is 0 Å². The summed E-state index contributed by atoms with van der Waals surface area (Å²) in [6, 6.07) is 5.66. The number of nitrogens with one attached hydrogen (secondary N) is 1. The van der Waals surface area contributed by atoms with E-state index >= 15 is 0 Å². The monoisotopic (exact) mass is 291 g/mol. The van der Waals surface area contributed by atoms with Crippen LogP contribution in [0.5, 0.6) is 0 Å². The largest absolute Gasteiger partial charge is 0.316 e. The van der Waals surface area contributed by atoms with Gasteiger partial charge in [-0.15, -0.1) is 0 Å². The van der Waals surface area contributed by atoms with Gasteiger partial charge in [0.2, 0.25) is 5.28 Å². The van der Waals surface area contributed by atoms with Gasteiger partial charge in [-0.1, -0.05) is 12.1 Å². The lowest BCUT2D eigenvalue weighted by Gasteiger charge is -2.23. The number of hydrogen-bond donors (Lipinski definition) is 1. The molecule has 2 heterocycles. The first-order chi connectivity index (χ1) is 9.66. The van der Waals surface area contributed by atoms with Gasteiger partial charge >= 0.3 is 0 Å². The number of nitrogens with zero attached hydrogens (tertiary/aromatic N) is 2. The van der Waals surface area contributed by atoms with E-state index in [0.717, 1.165) is 31.5 Å². The van der Waals surface area contributed by atoms with Crippen molar-refractivity contribution in [2.24, 2.45) is 5.92 Å².